The molecule has 1 fully saturated rings. The summed E-state index contributed by atoms with van der Waals surface area (Å²) in [4.78, 5) is 11.6. The molecule has 0 radical (unpaired) electrons. The van der Waals surface area contributed by atoms with E-state index in [4.69, 9.17) is 18.9 Å². The molecule has 0 heterocycles. The van der Waals surface area contributed by atoms with Crippen molar-refractivity contribution in [3.63, 3.8) is 0 Å². The maximum absolute atomic E-state index is 14.5. The highest BCUT2D eigenvalue weighted by atomic mass is 19.1. The molecule has 270 valence electrons. The lowest BCUT2D eigenvalue weighted by atomic mass is 9.70. The number of hydrogen-bond acceptors (Lipinski definition) is 5. The molecule has 52 heavy (non-hydrogen) atoms. The fourth-order valence-electron chi connectivity index (χ4n) is 7.01. The van der Waals surface area contributed by atoms with Crippen molar-refractivity contribution < 1.29 is 28.1 Å². The minimum atomic E-state index is -0.491. The van der Waals surface area contributed by atoms with E-state index in [1.54, 1.807) is 6.07 Å². The number of nitrogens with one attached hydrogen (secondary N) is 1. The summed E-state index contributed by atoms with van der Waals surface area (Å²) < 4.78 is 41.9. The topological polar surface area (TPSA) is 66.0 Å². The first-order chi connectivity index (χ1) is 25.2. The zero-order chi connectivity index (χ0) is 36.3. The molecular weight excluding hydrogens is 653 g/mol. The molecule has 0 saturated heterocycles. The third-order valence-electron chi connectivity index (χ3n) is 9.60. The number of rotatable bonds is 15. The van der Waals surface area contributed by atoms with E-state index in [9.17, 15) is 9.18 Å². The molecule has 5 aromatic carbocycles. The van der Waals surface area contributed by atoms with Gasteiger partial charge in [-0.25, -0.2) is 4.39 Å². The van der Waals surface area contributed by atoms with Crippen molar-refractivity contribution in [1.29, 1.82) is 0 Å². The molecule has 1 amide bonds. The Hall–Kier alpha value is -4.82. The highest BCUT2D eigenvalue weighted by Gasteiger charge is 2.52. The number of carbonyl (C=O) groups is 1. The minimum Gasteiger partial charge on any atom is -0.488 e. The zero-order valence-electron chi connectivity index (χ0n) is 30.2. The third-order valence-corrected chi connectivity index (χ3v) is 9.60. The van der Waals surface area contributed by atoms with Crippen LogP contribution in [0.2, 0.25) is 0 Å². The van der Waals surface area contributed by atoms with Crippen LogP contribution in [0, 0.1) is 11.2 Å². The molecule has 0 unspecified atom stereocenters. The molecule has 1 saturated carbocycles. The Kier molecular flexibility index (Phi) is 12.5. The van der Waals surface area contributed by atoms with Crippen LogP contribution in [0.4, 0.5) is 4.39 Å². The van der Waals surface area contributed by atoms with Crippen LogP contribution in [-0.2, 0) is 45.2 Å². The summed E-state index contributed by atoms with van der Waals surface area (Å²) in [6.07, 6.45) is -0.453. The molecular formula is C45H48FNO5. The molecule has 7 heteroatoms. The van der Waals surface area contributed by atoms with Gasteiger partial charge >= 0.3 is 0 Å². The van der Waals surface area contributed by atoms with Crippen molar-refractivity contribution in [1.82, 2.24) is 5.32 Å². The molecule has 0 bridgehead atoms. The van der Waals surface area contributed by atoms with Crippen molar-refractivity contribution in [3.8, 4) is 16.9 Å². The SMILES string of the molecule is CC(=O)NCCc1ccc(O[C@@H]2CC(C)(C)[C@H](OCc3ccccc3)[C@@H](OCc3ccccc3)[C@H]2OCc2ccccc2)cc1-c1cccc(F)c1. The van der Waals surface area contributed by atoms with E-state index in [2.05, 4.69) is 55.6 Å². The van der Waals surface area contributed by atoms with Crippen LogP contribution in [0.25, 0.3) is 11.1 Å². The number of halogens is 1. The Labute approximate surface area is 306 Å². The molecule has 6 nitrogen and oxygen atoms in total. The summed E-state index contributed by atoms with van der Waals surface area (Å²) in [5.41, 5.74) is 5.39. The van der Waals surface area contributed by atoms with Gasteiger partial charge in [-0.15, -0.1) is 0 Å². The fourth-order valence-corrected chi connectivity index (χ4v) is 7.01. The number of amides is 1. The molecule has 1 N–H and O–H groups in total. The Bertz CT molecular complexity index is 1870. The number of hydrogen-bond donors (Lipinski definition) is 1. The predicted octanol–water partition coefficient (Wildman–Crippen LogP) is 9.10. The van der Waals surface area contributed by atoms with Gasteiger partial charge in [-0.1, -0.05) is 123 Å². The van der Waals surface area contributed by atoms with Gasteiger partial charge in [0, 0.05) is 13.5 Å². The van der Waals surface area contributed by atoms with E-state index in [-0.39, 0.29) is 23.2 Å². The number of ether oxygens (including phenoxy) is 4. The van der Waals surface area contributed by atoms with E-state index in [0.717, 1.165) is 33.4 Å². The lowest BCUT2D eigenvalue weighted by Crippen LogP contribution is -2.61. The lowest BCUT2D eigenvalue weighted by Gasteiger charge is -2.50. The normalized spacial score (nSPS) is 19.5. The first-order valence-corrected chi connectivity index (χ1v) is 18.0. The van der Waals surface area contributed by atoms with Gasteiger partial charge in [-0.2, -0.15) is 0 Å². The van der Waals surface area contributed by atoms with Crippen molar-refractivity contribution in [3.05, 3.63) is 162 Å². The second-order valence-corrected chi connectivity index (χ2v) is 14.2. The molecule has 6 rings (SSSR count). The molecule has 4 atom stereocenters. The van der Waals surface area contributed by atoms with Crippen LogP contribution in [0.1, 0.15) is 49.4 Å². The summed E-state index contributed by atoms with van der Waals surface area (Å²) in [5.74, 6) is 0.228. The van der Waals surface area contributed by atoms with Gasteiger partial charge in [-0.05, 0) is 75.9 Å². The monoisotopic (exact) mass is 701 g/mol. The molecule has 0 aliphatic heterocycles. The Morgan fingerprint density at radius 1 is 0.712 bits per heavy atom. The summed E-state index contributed by atoms with van der Waals surface area (Å²) in [6.45, 7) is 7.57. The van der Waals surface area contributed by atoms with E-state index in [0.29, 0.717) is 45.0 Å². The zero-order valence-corrected chi connectivity index (χ0v) is 30.2. The van der Waals surface area contributed by atoms with E-state index < -0.39 is 18.3 Å². The minimum absolute atomic E-state index is 0.0937. The Balaban J connectivity index is 1.35. The van der Waals surface area contributed by atoms with Crippen molar-refractivity contribution in [2.24, 2.45) is 5.41 Å². The largest absolute Gasteiger partial charge is 0.488 e. The Morgan fingerprint density at radius 2 is 1.29 bits per heavy atom. The third kappa shape index (κ3) is 9.94. The van der Waals surface area contributed by atoms with E-state index >= 15 is 0 Å². The van der Waals surface area contributed by atoms with Gasteiger partial charge in [0.1, 0.15) is 29.9 Å². The maximum Gasteiger partial charge on any atom is 0.216 e. The van der Waals surface area contributed by atoms with Crippen LogP contribution in [0.3, 0.4) is 0 Å². The highest BCUT2D eigenvalue weighted by Crippen LogP contribution is 2.43. The Morgan fingerprint density at radius 3 is 1.87 bits per heavy atom. The van der Waals surface area contributed by atoms with Crippen LogP contribution < -0.4 is 10.1 Å². The highest BCUT2D eigenvalue weighted by molar-refractivity contribution is 5.73. The summed E-state index contributed by atoms with van der Waals surface area (Å²) in [7, 11) is 0. The van der Waals surface area contributed by atoms with Gasteiger partial charge in [-0.3, -0.25) is 4.79 Å². The van der Waals surface area contributed by atoms with Gasteiger partial charge in [0.2, 0.25) is 5.91 Å². The quantitative estimate of drug-likeness (QED) is 0.118. The summed E-state index contributed by atoms with van der Waals surface area (Å²) >= 11 is 0. The van der Waals surface area contributed by atoms with Gasteiger partial charge in [0.15, 0.2) is 0 Å². The molecule has 5 aromatic rings. The van der Waals surface area contributed by atoms with Crippen LogP contribution in [-0.4, -0.2) is 36.9 Å². The van der Waals surface area contributed by atoms with Crippen molar-refractivity contribution >= 4 is 5.91 Å². The second-order valence-electron chi connectivity index (χ2n) is 14.2. The van der Waals surface area contributed by atoms with Crippen LogP contribution >= 0.6 is 0 Å². The fraction of sp³-hybridized carbons (Fsp3) is 0.311. The summed E-state index contributed by atoms with van der Waals surface area (Å²) in [5, 5.41) is 2.87. The molecule has 1 aliphatic carbocycles. The van der Waals surface area contributed by atoms with Gasteiger partial charge < -0.3 is 24.3 Å². The lowest BCUT2D eigenvalue weighted by molar-refractivity contribution is -0.232. The first kappa shape index (κ1) is 37.0. The average Bonchev–Trinajstić information content (AvgIpc) is 3.14. The predicted molar refractivity (Wildman–Crippen MR) is 202 cm³/mol. The second kappa shape index (κ2) is 17.6. The smallest absolute Gasteiger partial charge is 0.216 e. The van der Waals surface area contributed by atoms with E-state index in [1.165, 1.54) is 19.1 Å². The standard InChI is InChI=1S/C45H48FNO5/c1-32(48)47-25-24-36-22-23-39(27-40(36)37-20-13-21-38(46)26-37)52-41-28-45(2,3)44(51-31-35-18-11-6-12-19-35)43(50-30-34-16-9-5-10-17-34)42(41)49-29-33-14-7-4-8-15-33/h4-23,26-27,41-44H,24-25,28-31H2,1-3H3,(H,47,48)/t41-,42+,43+,44-/m1/s1. The first-order valence-electron chi connectivity index (χ1n) is 18.0. The summed E-state index contributed by atoms with van der Waals surface area (Å²) in [6, 6.07) is 42.9. The van der Waals surface area contributed by atoms with E-state index in [1.807, 2.05) is 78.9 Å². The average molecular weight is 702 g/mol. The van der Waals surface area contributed by atoms with Gasteiger partial charge in [0.25, 0.3) is 0 Å². The molecule has 0 spiro atoms. The maximum atomic E-state index is 14.5. The molecule has 0 aromatic heterocycles. The van der Waals surface area contributed by atoms with Crippen molar-refractivity contribution in [2.75, 3.05) is 6.54 Å². The van der Waals surface area contributed by atoms with Crippen LogP contribution in [0.5, 0.6) is 5.75 Å². The van der Waals surface area contributed by atoms with Crippen LogP contribution in [0.15, 0.2) is 133 Å². The van der Waals surface area contributed by atoms with Gasteiger partial charge in [0.05, 0.1) is 25.9 Å². The number of benzene rings is 5. The van der Waals surface area contributed by atoms with Crippen molar-refractivity contribution in [2.45, 2.75) is 77.8 Å². The number of carbonyl (C=O) groups excluding carboxylic acids is 1. The molecule has 1 aliphatic rings.